The molecular weight excluding hydrogens is 208 g/mol. The van der Waals surface area contributed by atoms with Gasteiger partial charge in [-0.2, -0.15) is 0 Å². The summed E-state index contributed by atoms with van der Waals surface area (Å²) in [6, 6.07) is 8.57. The molecule has 1 saturated heterocycles. The Kier molecular flexibility index (Phi) is 2.15. The van der Waals surface area contributed by atoms with Crippen LogP contribution in [0.25, 0.3) is 11.0 Å². The molecule has 1 aromatic carbocycles. The van der Waals surface area contributed by atoms with Crippen molar-refractivity contribution in [2.75, 3.05) is 13.2 Å². The molecule has 4 heteroatoms. The molecule has 0 saturated carbocycles. The van der Waals surface area contributed by atoms with Gasteiger partial charge in [-0.1, -0.05) is 0 Å². The van der Waals surface area contributed by atoms with Crippen molar-refractivity contribution in [3.05, 3.63) is 40.8 Å². The summed E-state index contributed by atoms with van der Waals surface area (Å²) in [6.07, 6.45) is 0.221. The van der Waals surface area contributed by atoms with E-state index in [1.807, 2.05) is 12.1 Å². The van der Waals surface area contributed by atoms with E-state index < -0.39 is 0 Å². The normalized spacial score (nSPS) is 18.6. The van der Waals surface area contributed by atoms with Crippen molar-refractivity contribution in [3.63, 3.8) is 0 Å². The average molecular weight is 218 g/mol. The first-order chi connectivity index (χ1) is 7.81. The monoisotopic (exact) mass is 218 g/mol. The molecule has 0 spiro atoms. The van der Waals surface area contributed by atoms with Crippen LogP contribution in [0.2, 0.25) is 0 Å². The van der Waals surface area contributed by atoms with Gasteiger partial charge in [0.2, 0.25) is 0 Å². The molecule has 0 radical (unpaired) electrons. The van der Waals surface area contributed by atoms with E-state index in [0.29, 0.717) is 17.9 Å². The molecule has 1 atom stereocenters. The van der Waals surface area contributed by atoms with Crippen molar-refractivity contribution in [1.82, 2.24) is 0 Å². The summed E-state index contributed by atoms with van der Waals surface area (Å²) in [6.45, 7) is 1.31. The van der Waals surface area contributed by atoms with Gasteiger partial charge in [0, 0.05) is 17.5 Å². The van der Waals surface area contributed by atoms with Crippen molar-refractivity contribution >= 4 is 11.0 Å². The van der Waals surface area contributed by atoms with Gasteiger partial charge in [0.25, 0.3) is 0 Å². The largest absolute Gasteiger partial charge is 0.491 e. The Hall–Kier alpha value is -1.81. The SMILES string of the molecule is O=c1ccc2ccc(OC[C@@H]3CO3)cc2o1. The van der Waals surface area contributed by atoms with Gasteiger partial charge in [0.15, 0.2) is 0 Å². The van der Waals surface area contributed by atoms with Crippen LogP contribution in [-0.4, -0.2) is 19.3 Å². The van der Waals surface area contributed by atoms with E-state index in [1.54, 1.807) is 12.1 Å². The number of ether oxygens (including phenoxy) is 2. The quantitative estimate of drug-likeness (QED) is 0.579. The summed E-state index contributed by atoms with van der Waals surface area (Å²) < 4.78 is 15.6. The minimum absolute atomic E-state index is 0.221. The third kappa shape index (κ3) is 1.92. The molecule has 1 aliphatic rings. The lowest BCUT2D eigenvalue weighted by atomic mass is 10.2. The Morgan fingerprint density at radius 1 is 1.31 bits per heavy atom. The average Bonchev–Trinajstić information content (AvgIpc) is 3.09. The van der Waals surface area contributed by atoms with Crippen LogP contribution in [0.15, 0.2) is 39.5 Å². The Balaban J connectivity index is 1.90. The first-order valence-corrected chi connectivity index (χ1v) is 5.09. The smallest absolute Gasteiger partial charge is 0.336 e. The van der Waals surface area contributed by atoms with E-state index in [-0.39, 0.29) is 11.7 Å². The van der Waals surface area contributed by atoms with Gasteiger partial charge in [-0.15, -0.1) is 0 Å². The molecule has 4 nitrogen and oxygen atoms in total. The molecule has 82 valence electrons. The molecule has 1 aliphatic heterocycles. The van der Waals surface area contributed by atoms with Crippen LogP contribution in [0, 0.1) is 0 Å². The maximum absolute atomic E-state index is 11.0. The predicted molar refractivity (Wildman–Crippen MR) is 57.7 cm³/mol. The highest BCUT2D eigenvalue weighted by Gasteiger charge is 2.23. The highest BCUT2D eigenvalue weighted by Crippen LogP contribution is 2.20. The van der Waals surface area contributed by atoms with Crippen molar-refractivity contribution in [2.45, 2.75) is 6.10 Å². The number of hydrogen-bond acceptors (Lipinski definition) is 4. The second-order valence-electron chi connectivity index (χ2n) is 3.72. The zero-order valence-corrected chi connectivity index (χ0v) is 8.51. The van der Waals surface area contributed by atoms with E-state index in [4.69, 9.17) is 13.9 Å². The lowest BCUT2D eigenvalue weighted by Gasteiger charge is -2.04. The Morgan fingerprint density at radius 3 is 2.94 bits per heavy atom. The lowest BCUT2D eigenvalue weighted by Crippen LogP contribution is -2.04. The highest BCUT2D eigenvalue weighted by atomic mass is 16.6. The summed E-state index contributed by atoms with van der Waals surface area (Å²) in [5.74, 6) is 0.692. The van der Waals surface area contributed by atoms with E-state index in [2.05, 4.69) is 0 Å². The fourth-order valence-electron chi connectivity index (χ4n) is 1.48. The standard InChI is InChI=1S/C12H10O4/c13-12-4-2-8-1-3-9(5-11(8)16-12)14-6-10-7-15-10/h1-5,10H,6-7H2/t10-/m1/s1. The number of rotatable bonds is 3. The summed E-state index contributed by atoms with van der Waals surface area (Å²) in [4.78, 5) is 11.0. The van der Waals surface area contributed by atoms with Crippen LogP contribution in [0.5, 0.6) is 5.75 Å². The second kappa shape index (κ2) is 3.64. The van der Waals surface area contributed by atoms with E-state index >= 15 is 0 Å². The Labute approximate surface area is 91.4 Å². The maximum atomic E-state index is 11.0. The highest BCUT2D eigenvalue weighted by molar-refractivity contribution is 5.77. The third-order valence-corrected chi connectivity index (χ3v) is 2.43. The molecule has 2 heterocycles. The van der Waals surface area contributed by atoms with Gasteiger partial charge in [-0.3, -0.25) is 0 Å². The first-order valence-electron chi connectivity index (χ1n) is 5.09. The first kappa shape index (κ1) is 9.42. The van der Waals surface area contributed by atoms with Crippen LogP contribution in [0.3, 0.4) is 0 Å². The van der Waals surface area contributed by atoms with Crippen molar-refractivity contribution in [2.24, 2.45) is 0 Å². The predicted octanol–water partition coefficient (Wildman–Crippen LogP) is 1.57. The molecule has 2 aromatic rings. The van der Waals surface area contributed by atoms with Gasteiger partial charge < -0.3 is 13.9 Å². The van der Waals surface area contributed by atoms with Gasteiger partial charge in [-0.05, 0) is 18.2 Å². The van der Waals surface area contributed by atoms with Gasteiger partial charge >= 0.3 is 5.63 Å². The van der Waals surface area contributed by atoms with Crippen LogP contribution in [-0.2, 0) is 4.74 Å². The van der Waals surface area contributed by atoms with Crippen molar-refractivity contribution < 1.29 is 13.9 Å². The minimum atomic E-state index is -0.352. The fraction of sp³-hybridized carbons (Fsp3) is 0.250. The fourth-order valence-corrected chi connectivity index (χ4v) is 1.48. The zero-order chi connectivity index (χ0) is 11.0. The summed E-state index contributed by atoms with van der Waals surface area (Å²) in [5, 5.41) is 0.884. The Morgan fingerprint density at radius 2 is 2.12 bits per heavy atom. The van der Waals surface area contributed by atoms with Crippen LogP contribution in [0.4, 0.5) is 0 Å². The zero-order valence-electron chi connectivity index (χ0n) is 8.51. The molecule has 0 bridgehead atoms. The van der Waals surface area contributed by atoms with E-state index in [9.17, 15) is 4.79 Å². The topological polar surface area (TPSA) is 52.0 Å². The molecule has 3 rings (SSSR count). The molecule has 1 fully saturated rings. The third-order valence-electron chi connectivity index (χ3n) is 2.43. The van der Waals surface area contributed by atoms with E-state index in [0.717, 1.165) is 12.0 Å². The molecule has 16 heavy (non-hydrogen) atoms. The number of benzene rings is 1. The van der Waals surface area contributed by atoms with E-state index in [1.165, 1.54) is 6.07 Å². The summed E-state index contributed by atoms with van der Waals surface area (Å²) in [5.41, 5.74) is 0.192. The lowest BCUT2D eigenvalue weighted by molar-refractivity contribution is 0.263. The van der Waals surface area contributed by atoms with Crippen LogP contribution < -0.4 is 10.4 Å². The van der Waals surface area contributed by atoms with Crippen molar-refractivity contribution in [1.29, 1.82) is 0 Å². The Bertz CT molecular complexity index is 568. The molecular formula is C12H10O4. The molecule has 0 N–H and O–H groups in total. The van der Waals surface area contributed by atoms with Crippen molar-refractivity contribution in [3.8, 4) is 5.75 Å². The molecule has 0 unspecified atom stereocenters. The number of hydrogen-bond donors (Lipinski definition) is 0. The molecule has 0 aliphatic carbocycles. The molecule has 0 amide bonds. The van der Waals surface area contributed by atoms with Gasteiger partial charge in [-0.25, -0.2) is 4.79 Å². The second-order valence-corrected chi connectivity index (χ2v) is 3.72. The van der Waals surface area contributed by atoms with Crippen LogP contribution >= 0.6 is 0 Å². The minimum Gasteiger partial charge on any atom is -0.491 e. The summed E-state index contributed by atoms with van der Waals surface area (Å²) in [7, 11) is 0. The number of epoxide rings is 1. The summed E-state index contributed by atoms with van der Waals surface area (Å²) >= 11 is 0. The van der Waals surface area contributed by atoms with Gasteiger partial charge in [0.1, 0.15) is 24.0 Å². The van der Waals surface area contributed by atoms with Crippen LogP contribution in [0.1, 0.15) is 0 Å². The maximum Gasteiger partial charge on any atom is 0.336 e. The van der Waals surface area contributed by atoms with Gasteiger partial charge in [0.05, 0.1) is 6.61 Å². The number of fused-ring (bicyclic) bond motifs is 1. The molecule has 1 aromatic heterocycles.